The molecule has 0 aliphatic rings. The van der Waals surface area contributed by atoms with Crippen molar-refractivity contribution >= 4 is 6.03 Å². The van der Waals surface area contributed by atoms with E-state index in [2.05, 4.69) is 15.6 Å². The molecular weight excluding hydrogens is 282 g/mol. The van der Waals surface area contributed by atoms with Gasteiger partial charge in [-0.05, 0) is 17.2 Å². The minimum Gasteiger partial charge on any atom is -0.481 e. The Balaban J connectivity index is 1.76. The van der Waals surface area contributed by atoms with Gasteiger partial charge in [0.25, 0.3) is 0 Å². The molecule has 1 atom stereocenters. The van der Waals surface area contributed by atoms with Crippen molar-refractivity contribution in [3.63, 3.8) is 0 Å². The van der Waals surface area contributed by atoms with E-state index in [1.165, 1.54) is 7.11 Å². The van der Waals surface area contributed by atoms with Crippen LogP contribution in [-0.4, -0.2) is 29.8 Å². The van der Waals surface area contributed by atoms with Crippen LogP contribution in [0.1, 0.15) is 17.2 Å². The third-order valence-corrected chi connectivity index (χ3v) is 3.10. The normalized spacial score (nSPS) is 11.5. The number of ether oxygens (including phenoxy) is 1. The Morgan fingerprint density at radius 3 is 2.77 bits per heavy atom. The molecule has 1 heterocycles. The molecule has 0 radical (unpaired) electrons. The molecule has 1 aromatic heterocycles. The number of pyridine rings is 1. The minimum absolute atomic E-state index is 0.148. The highest BCUT2D eigenvalue weighted by molar-refractivity contribution is 5.73. The standard InChI is InChI=1S/C16H19N3O3/c1-22-15-9-12(7-8-17-15)10-18-16(21)19-11-14(20)13-5-3-2-4-6-13/h2-9,14,20H,10-11H2,1H3,(H2,18,19,21). The van der Waals surface area contributed by atoms with E-state index >= 15 is 0 Å². The number of amides is 2. The number of aliphatic hydroxyl groups excluding tert-OH is 1. The zero-order valence-corrected chi connectivity index (χ0v) is 12.3. The van der Waals surface area contributed by atoms with Gasteiger partial charge in [0, 0.05) is 25.4 Å². The average molecular weight is 301 g/mol. The fourth-order valence-corrected chi connectivity index (χ4v) is 1.90. The Hall–Kier alpha value is -2.60. The Bertz CT molecular complexity index is 605. The lowest BCUT2D eigenvalue weighted by atomic mass is 10.1. The van der Waals surface area contributed by atoms with Gasteiger partial charge in [-0.15, -0.1) is 0 Å². The molecule has 0 aliphatic heterocycles. The Morgan fingerprint density at radius 2 is 2.05 bits per heavy atom. The van der Waals surface area contributed by atoms with Crippen LogP contribution in [0.4, 0.5) is 4.79 Å². The minimum atomic E-state index is -0.729. The molecule has 0 spiro atoms. The van der Waals surface area contributed by atoms with Gasteiger partial charge >= 0.3 is 6.03 Å². The number of carbonyl (C=O) groups excluding carboxylic acids is 1. The van der Waals surface area contributed by atoms with E-state index < -0.39 is 6.10 Å². The summed E-state index contributed by atoms with van der Waals surface area (Å²) in [7, 11) is 1.54. The Kier molecular flexibility index (Phi) is 5.73. The topological polar surface area (TPSA) is 83.5 Å². The monoisotopic (exact) mass is 301 g/mol. The SMILES string of the molecule is COc1cc(CNC(=O)NCC(O)c2ccccc2)ccn1. The van der Waals surface area contributed by atoms with Crippen LogP contribution in [0.5, 0.6) is 5.88 Å². The molecule has 0 saturated heterocycles. The van der Waals surface area contributed by atoms with Crippen molar-refractivity contribution in [2.45, 2.75) is 12.6 Å². The van der Waals surface area contributed by atoms with E-state index in [0.29, 0.717) is 12.4 Å². The first-order valence-corrected chi connectivity index (χ1v) is 6.92. The number of benzene rings is 1. The molecule has 0 fully saturated rings. The molecule has 1 unspecified atom stereocenters. The second-order valence-corrected chi connectivity index (χ2v) is 4.70. The predicted octanol–water partition coefficient (Wildman–Crippen LogP) is 1.62. The van der Waals surface area contributed by atoms with Gasteiger partial charge in [-0.25, -0.2) is 9.78 Å². The summed E-state index contributed by atoms with van der Waals surface area (Å²) >= 11 is 0. The number of urea groups is 1. The number of hydrogen-bond donors (Lipinski definition) is 3. The van der Waals surface area contributed by atoms with E-state index in [0.717, 1.165) is 11.1 Å². The predicted molar refractivity (Wildman–Crippen MR) is 82.4 cm³/mol. The molecule has 0 bridgehead atoms. The summed E-state index contributed by atoms with van der Waals surface area (Å²) in [5.74, 6) is 0.499. The summed E-state index contributed by atoms with van der Waals surface area (Å²) in [6.07, 6.45) is 0.889. The van der Waals surface area contributed by atoms with E-state index in [1.54, 1.807) is 18.3 Å². The second kappa shape index (κ2) is 7.99. The summed E-state index contributed by atoms with van der Waals surface area (Å²) < 4.78 is 5.02. The Morgan fingerprint density at radius 1 is 1.27 bits per heavy atom. The highest BCUT2D eigenvalue weighted by Crippen LogP contribution is 2.10. The van der Waals surface area contributed by atoms with Crippen molar-refractivity contribution < 1.29 is 14.6 Å². The summed E-state index contributed by atoms with van der Waals surface area (Å²) in [6.45, 7) is 0.502. The molecule has 3 N–H and O–H groups in total. The van der Waals surface area contributed by atoms with Gasteiger partial charge in [0.1, 0.15) is 0 Å². The van der Waals surface area contributed by atoms with Crippen molar-refractivity contribution in [2.75, 3.05) is 13.7 Å². The number of nitrogens with one attached hydrogen (secondary N) is 2. The molecule has 6 nitrogen and oxygen atoms in total. The van der Waals surface area contributed by atoms with Crippen LogP contribution in [0, 0.1) is 0 Å². The highest BCUT2D eigenvalue weighted by Gasteiger charge is 2.08. The molecule has 0 aliphatic carbocycles. The highest BCUT2D eigenvalue weighted by atomic mass is 16.5. The van der Waals surface area contributed by atoms with E-state index in [1.807, 2.05) is 30.3 Å². The molecule has 0 saturated carbocycles. The number of carbonyl (C=O) groups is 1. The maximum atomic E-state index is 11.7. The summed E-state index contributed by atoms with van der Waals surface area (Å²) in [5, 5.41) is 15.3. The van der Waals surface area contributed by atoms with Crippen LogP contribution >= 0.6 is 0 Å². The molecule has 2 amide bonds. The zero-order chi connectivity index (χ0) is 15.8. The number of nitrogens with zero attached hydrogens (tertiary/aromatic N) is 1. The van der Waals surface area contributed by atoms with E-state index in [-0.39, 0.29) is 12.6 Å². The molecule has 6 heteroatoms. The molecule has 2 aromatic rings. The van der Waals surface area contributed by atoms with Crippen molar-refractivity contribution in [1.29, 1.82) is 0 Å². The molecular formula is C16H19N3O3. The van der Waals surface area contributed by atoms with Crippen molar-refractivity contribution in [2.24, 2.45) is 0 Å². The maximum Gasteiger partial charge on any atom is 0.315 e. The van der Waals surface area contributed by atoms with Gasteiger partial charge in [0.05, 0.1) is 13.2 Å². The molecule has 22 heavy (non-hydrogen) atoms. The first-order chi connectivity index (χ1) is 10.7. The summed E-state index contributed by atoms with van der Waals surface area (Å²) in [4.78, 5) is 15.7. The largest absolute Gasteiger partial charge is 0.481 e. The van der Waals surface area contributed by atoms with Crippen LogP contribution in [0.3, 0.4) is 0 Å². The molecule has 1 aromatic carbocycles. The van der Waals surface area contributed by atoms with Gasteiger partial charge in [-0.1, -0.05) is 30.3 Å². The van der Waals surface area contributed by atoms with Gasteiger partial charge in [0.2, 0.25) is 5.88 Å². The number of aliphatic hydroxyl groups is 1. The third kappa shape index (κ3) is 4.75. The van der Waals surface area contributed by atoms with E-state index in [4.69, 9.17) is 4.74 Å². The number of methoxy groups -OCH3 is 1. The van der Waals surface area contributed by atoms with Crippen LogP contribution in [-0.2, 0) is 6.54 Å². The fourth-order valence-electron chi connectivity index (χ4n) is 1.90. The first kappa shape index (κ1) is 15.8. The van der Waals surface area contributed by atoms with Crippen LogP contribution in [0.25, 0.3) is 0 Å². The van der Waals surface area contributed by atoms with Crippen molar-refractivity contribution in [3.8, 4) is 5.88 Å². The first-order valence-electron chi connectivity index (χ1n) is 6.92. The number of aromatic nitrogens is 1. The van der Waals surface area contributed by atoms with Gasteiger partial charge in [-0.3, -0.25) is 0 Å². The number of hydrogen-bond acceptors (Lipinski definition) is 4. The van der Waals surface area contributed by atoms with Crippen LogP contribution in [0.2, 0.25) is 0 Å². The average Bonchev–Trinajstić information content (AvgIpc) is 2.58. The smallest absolute Gasteiger partial charge is 0.315 e. The zero-order valence-electron chi connectivity index (χ0n) is 12.3. The van der Waals surface area contributed by atoms with Crippen molar-refractivity contribution in [1.82, 2.24) is 15.6 Å². The quantitative estimate of drug-likeness (QED) is 0.757. The van der Waals surface area contributed by atoms with Gasteiger partial charge in [-0.2, -0.15) is 0 Å². The fraction of sp³-hybridized carbons (Fsp3) is 0.250. The lowest BCUT2D eigenvalue weighted by Gasteiger charge is -2.13. The third-order valence-electron chi connectivity index (χ3n) is 3.10. The van der Waals surface area contributed by atoms with Crippen LogP contribution in [0.15, 0.2) is 48.7 Å². The lowest BCUT2D eigenvalue weighted by Crippen LogP contribution is -2.37. The maximum absolute atomic E-state index is 11.7. The lowest BCUT2D eigenvalue weighted by molar-refractivity contribution is 0.173. The van der Waals surface area contributed by atoms with Gasteiger partial charge < -0.3 is 20.5 Å². The molecule has 2 rings (SSSR count). The summed E-state index contributed by atoms with van der Waals surface area (Å²) in [6, 6.07) is 12.4. The van der Waals surface area contributed by atoms with E-state index in [9.17, 15) is 9.90 Å². The number of rotatable bonds is 6. The van der Waals surface area contributed by atoms with Crippen molar-refractivity contribution in [3.05, 3.63) is 59.8 Å². The summed E-state index contributed by atoms with van der Waals surface area (Å²) in [5.41, 5.74) is 1.65. The van der Waals surface area contributed by atoms with Gasteiger partial charge in [0.15, 0.2) is 0 Å². The second-order valence-electron chi connectivity index (χ2n) is 4.70. The van der Waals surface area contributed by atoms with Crippen LogP contribution < -0.4 is 15.4 Å². The Labute approximate surface area is 129 Å². The molecule has 116 valence electrons.